The predicted octanol–water partition coefficient (Wildman–Crippen LogP) is 2.24. The van der Waals surface area contributed by atoms with Crippen molar-refractivity contribution in [1.29, 1.82) is 0 Å². The fourth-order valence-corrected chi connectivity index (χ4v) is 4.95. The number of benzene rings is 1. The van der Waals surface area contributed by atoms with Gasteiger partial charge in [0.05, 0.1) is 5.75 Å². The van der Waals surface area contributed by atoms with E-state index in [1.807, 2.05) is 31.2 Å². The van der Waals surface area contributed by atoms with Gasteiger partial charge in [-0.1, -0.05) is 44.0 Å². The van der Waals surface area contributed by atoms with Crippen molar-refractivity contribution in [3.8, 4) is 0 Å². The van der Waals surface area contributed by atoms with E-state index >= 15 is 0 Å². The molecule has 2 N–H and O–H groups in total. The van der Waals surface area contributed by atoms with Crippen molar-refractivity contribution in [1.82, 2.24) is 4.31 Å². The van der Waals surface area contributed by atoms with Crippen LogP contribution in [0.5, 0.6) is 0 Å². The summed E-state index contributed by atoms with van der Waals surface area (Å²) in [6.45, 7) is 2.85. The minimum Gasteiger partial charge on any atom is -0.326 e. The van der Waals surface area contributed by atoms with Crippen molar-refractivity contribution in [2.45, 2.75) is 50.9 Å². The summed E-state index contributed by atoms with van der Waals surface area (Å²) >= 11 is 0. The molecule has 1 aliphatic rings. The third kappa shape index (κ3) is 3.40. The van der Waals surface area contributed by atoms with Gasteiger partial charge in [-0.2, -0.15) is 4.31 Å². The third-order valence-corrected chi connectivity index (χ3v) is 6.02. The van der Waals surface area contributed by atoms with Crippen molar-refractivity contribution in [2.75, 3.05) is 6.54 Å². The highest BCUT2D eigenvalue weighted by molar-refractivity contribution is 7.88. The van der Waals surface area contributed by atoms with E-state index in [4.69, 9.17) is 5.73 Å². The van der Waals surface area contributed by atoms with E-state index in [2.05, 4.69) is 0 Å². The molecule has 0 amide bonds. The molecule has 1 fully saturated rings. The maximum atomic E-state index is 12.7. The molecular weight excluding hydrogens is 272 g/mol. The minimum atomic E-state index is -3.26. The molecule has 5 heteroatoms. The lowest BCUT2D eigenvalue weighted by Gasteiger charge is -2.27. The Bertz CT molecular complexity index is 537. The maximum absolute atomic E-state index is 12.7. The van der Waals surface area contributed by atoms with Crippen LogP contribution < -0.4 is 5.73 Å². The fourth-order valence-electron chi connectivity index (χ4n) is 3.05. The summed E-state index contributed by atoms with van der Waals surface area (Å²) in [5.41, 5.74) is 7.43. The highest BCUT2D eigenvalue weighted by Crippen LogP contribution is 2.27. The van der Waals surface area contributed by atoms with Crippen LogP contribution in [0.1, 0.15) is 43.7 Å². The number of nitrogens with two attached hydrogens (primary N) is 1. The number of hydrogen-bond acceptors (Lipinski definition) is 3. The first kappa shape index (κ1) is 15.5. The summed E-state index contributed by atoms with van der Waals surface area (Å²) in [5, 5.41) is 0. The first-order chi connectivity index (χ1) is 9.58. The summed E-state index contributed by atoms with van der Waals surface area (Å²) < 4.78 is 27.0. The molecular formula is C15H24N2O2S. The molecule has 1 aromatic rings. The Labute approximate surface area is 122 Å². The first-order valence-electron chi connectivity index (χ1n) is 7.35. The molecule has 2 rings (SSSR count). The zero-order chi connectivity index (χ0) is 14.6. The van der Waals surface area contributed by atoms with Crippen LogP contribution in [0.3, 0.4) is 0 Å². The largest absolute Gasteiger partial charge is 0.326 e. The number of sulfonamides is 1. The van der Waals surface area contributed by atoms with Crippen molar-refractivity contribution >= 4 is 10.0 Å². The molecule has 112 valence electrons. The molecule has 0 aromatic heterocycles. The molecule has 20 heavy (non-hydrogen) atoms. The zero-order valence-electron chi connectivity index (χ0n) is 12.1. The Hall–Kier alpha value is -0.910. The molecule has 0 radical (unpaired) electrons. The van der Waals surface area contributed by atoms with E-state index in [0.717, 1.165) is 36.8 Å². The van der Waals surface area contributed by atoms with E-state index in [1.54, 1.807) is 4.31 Å². The Balaban J connectivity index is 2.20. The van der Waals surface area contributed by atoms with Gasteiger partial charge < -0.3 is 5.73 Å². The van der Waals surface area contributed by atoms with Gasteiger partial charge in [0.15, 0.2) is 0 Å². The summed E-state index contributed by atoms with van der Waals surface area (Å²) in [5.74, 6) is 0.0602. The summed E-state index contributed by atoms with van der Waals surface area (Å²) in [7, 11) is -3.26. The van der Waals surface area contributed by atoms with Gasteiger partial charge in [-0.05, 0) is 24.0 Å². The highest BCUT2D eigenvalue weighted by atomic mass is 32.2. The monoisotopic (exact) mass is 296 g/mol. The van der Waals surface area contributed by atoms with Crippen LogP contribution >= 0.6 is 0 Å². The van der Waals surface area contributed by atoms with Crippen LogP contribution in [0, 0.1) is 0 Å². The second-order valence-corrected chi connectivity index (χ2v) is 7.29. The third-order valence-electron chi connectivity index (χ3n) is 4.08. The number of nitrogens with zero attached hydrogens (tertiary/aromatic N) is 1. The first-order valence-corrected chi connectivity index (χ1v) is 8.95. The van der Waals surface area contributed by atoms with Gasteiger partial charge in [0, 0.05) is 19.1 Å². The van der Waals surface area contributed by atoms with E-state index in [-0.39, 0.29) is 11.8 Å². The molecule has 0 atom stereocenters. The van der Waals surface area contributed by atoms with Crippen LogP contribution in [-0.4, -0.2) is 25.3 Å². The van der Waals surface area contributed by atoms with Gasteiger partial charge in [-0.15, -0.1) is 0 Å². The Morgan fingerprint density at radius 3 is 2.35 bits per heavy atom. The second kappa shape index (κ2) is 6.70. The molecule has 1 saturated carbocycles. The lowest BCUT2D eigenvalue weighted by molar-refractivity contribution is 0.335. The topological polar surface area (TPSA) is 63.4 Å². The van der Waals surface area contributed by atoms with Crippen LogP contribution in [0.15, 0.2) is 24.3 Å². The average Bonchev–Trinajstić information content (AvgIpc) is 2.93. The van der Waals surface area contributed by atoms with E-state index < -0.39 is 10.0 Å². The van der Waals surface area contributed by atoms with Crippen LogP contribution in [0.2, 0.25) is 0 Å². The molecule has 0 saturated heterocycles. The zero-order valence-corrected chi connectivity index (χ0v) is 12.9. The lowest BCUT2D eigenvalue weighted by Crippen LogP contribution is -2.39. The quantitative estimate of drug-likeness (QED) is 0.875. The fraction of sp³-hybridized carbons (Fsp3) is 0.600. The summed E-state index contributed by atoms with van der Waals surface area (Å²) in [4.78, 5) is 0. The number of rotatable bonds is 6. The van der Waals surface area contributed by atoms with Gasteiger partial charge in [-0.3, -0.25) is 0 Å². The van der Waals surface area contributed by atoms with Crippen molar-refractivity contribution in [2.24, 2.45) is 5.73 Å². The average molecular weight is 296 g/mol. The molecule has 0 bridgehead atoms. The standard InChI is InChI=1S/C15H24N2O2S/c1-2-17(15-9-5-6-10-15)20(18,19)12-14-8-4-3-7-13(14)11-16/h3-4,7-8,15H,2,5-6,9-12,16H2,1H3. The van der Waals surface area contributed by atoms with Gasteiger partial charge >= 0.3 is 0 Å². The molecule has 0 unspecified atom stereocenters. The SMILES string of the molecule is CCN(C1CCCC1)S(=O)(=O)Cc1ccccc1CN. The van der Waals surface area contributed by atoms with E-state index in [0.29, 0.717) is 13.1 Å². The molecule has 1 aliphatic carbocycles. The molecule has 1 aromatic carbocycles. The van der Waals surface area contributed by atoms with E-state index in [9.17, 15) is 8.42 Å². The van der Waals surface area contributed by atoms with Crippen LogP contribution in [0.25, 0.3) is 0 Å². The molecule has 0 heterocycles. The second-order valence-electron chi connectivity index (χ2n) is 5.37. The maximum Gasteiger partial charge on any atom is 0.218 e. The Morgan fingerprint density at radius 1 is 1.20 bits per heavy atom. The summed E-state index contributed by atoms with van der Waals surface area (Å²) in [6, 6.07) is 7.72. The Morgan fingerprint density at radius 2 is 1.80 bits per heavy atom. The van der Waals surface area contributed by atoms with Crippen molar-refractivity contribution in [3.63, 3.8) is 0 Å². The van der Waals surface area contributed by atoms with Gasteiger partial charge in [0.2, 0.25) is 10.0 Å². The molecule has 0 spiro atoms. The van der Waals surface area contributed by atoms with E-state index in [1.165, 1.54) is 0 Å². The smallest absolute Gasteiger partial charge is 0.218 e. The predicted molar refractivity (Wildman–Crippen MR) is 81.6 cm³/mol. The van der Waals surface area contributed by atoms with Crippen LogP contribution in [-0.2, 0) is 22.3 Å². The highest BCUT2D eigenvalue weighted by Gasteiger charge is 2.31. The minimum absolute atomic E-state index is 0.0602. The van der Waals surface area contributed by atoms with Crippen molar-refractivity contribution in [3.05, 3.63) is 35.4 Å². The molecule has 4 nitrogen and oxygen atoms in total. The molecule has 0 aliphatic heterocycles. The Kier molecular flexibility index (Phi) is 5.18. The van der Waals surface area contributed by atoms with Gasteiger partial charge in [0.1, 0.15) is 0 Å². The normalized spacial score (nSPS) is 16.9. The summed E-state index contributed by atoms with van der Waals surface area (Å²) in [6.07, 6.45) is 4.25. The number of hydrogen-bond donors (Lipinski definition) is 1. The van der Waals surface area contributed by atoms with Gasteiger partial charge in [-0.25, -0.2) is 8.42 Å². The lowest BCUT2D eigenvalue weighted by atomic mass is 10.1. The van der Waals surface area contributed by atoms with Crippen molar-refractivity contribution < 1.29 is 8.42 Å². The van der Waals surface area contributed by atoms with Gasteiger partial charge in [0.25, 0.3) is 0 Å². The van der Waals surface area contributed by atoms with Crippen LogP contribution in [0.4, 0.5) is 0 Å².